The lowest BCUT2D eigenvalue weighted by molar-refractivity contribution is 0.114. The van der Waals surface area contributed by atoms with Gasteiger partial charge >= 0.3 is 0 Å². The normalized spacial score (nSPS) is 24.6. The van der Waals surface area contributed by atoms with E-state index in [0.717, 1.165) is 18.9 Å². The quantitative estimate of drug-likeness (QED) is 0.595. The summed E-state index contributed by atoms with van der Waals surface area (Å²) in [5.74, 6) is 1.43. The maximum absolute atomic E-state index is 6.06. The molecule has 6 nitrogen and oxygen atoms in total. The third kappa shape index (κ3) is 2.28. The van der Waals surface area contributed by atoms with Gasteiger partial charge in [-0.15, -0.1) is 0 Å². The van der Waals surface area contributed by atoms with Gasteiger partial charge in [0.05, 0.1) is 6.54 Å². The summed E-state index contributed by atoms with van der Waals surface area (Å²) < 4.78 is 5.28. The van der Waals surface area contributed by atoms with Crippen LogP contribution in [0.15, 0.2) is 20.8 Å². The molecule has 0 bridgehead atoms. The van der Waals surface area contributed by atoms with Crippen LogP contribution in [0.4, 0.5) is 0 Å². The molecule has 2 aliphatic heterocycles. The molecule has 0 amide bonds. The highest BCUT2D eigenvalue weighted by Gasteiger charge is 2.23. The Morgan fingerprint density at radius 2 is 2.38 bits per heavy atom. The molecule has 0 aliphatic carbocycles. The molecule has 2 heterocycles. The molecule has 2 rings (SSSR count). The van der Waals surface area contributed by atoms with Crippen molar-refractivity contribution in [2.24, 2.45) is 9.98 Å². The second-order valence-corrected chi connectivity index (χ2v) is 3.80. The van der Waals surface area contributed by atoms with Crippen molar-refractivity contribution >= 4 is 23.4 Å². The highest BCUT2D eigenvalue weighted by Crippen LogP contribution is 2.17. The van der Waals surface area contributed by atoms with Crippen LogP contribution in [0.1, 0.15) is 6.92 Å². The molecular formula is C9H14ClN5O. The van der Waals surface area contributed by atoms with Gasteiger partial charge < -0.3 is 20.7 Å². The molecular weight excluding hydrogens is 230 g/mol. The molecule has 0 aromatic carbocycles. The zero-order valence-electron chi connectivity index (χ0n) is 9.17. The number of halogens is 1. The molecule has 0 radical (unpaired) electrons. The minimum absolute atomic E-state index is 0.324. The predicted octanol–water partition coefficient (Wildman–Crippen LogP) is -0.0628. The van der Waals surface area contributed by atoms with Gasteiger partial charge in [-0.2, -0.15) is 0 Å². The lowest BCUT2D eigenvalue weighted by Gasteiger charge is -2.26. The van der Waals surface area contributed by atoms with Crippen molar-refractivity contribution in [3.8, 4) is 0 Å². The molecule has 0 aromatic heterocycles. The molecule has 1 unspecified atom stereocenters. The van der Waals surface area contributed by atoms with Crippen molar-refractivity contribution in [2.75, 3.05) is 20.2 Å². The van der Waals surface area contributed by atoms with Crippen LogP contribution in [0, 0.1) is 0 Å². The van der Waals surface area contributed by atoms with Gasteiger partial charge in [-0.3, -0.25) is 4.99 Å². The Balaban J connectivity index is 2.17. The molecule has 1 atom stereocenters. The molecule has 16 heavy (non-hydrogen) atoms. The fourth-order valence-electron chi connectivity index (χ4n) is 1.51. The molecule has 88 valence electrons. The number of nitrogens with zero attached hydrogens (tertiary/aromatic N) is 2. The van der Waals surface area contributed by atoms with Gasteiger partial charge in [0.25, 0.3) is 0 Å². The van der Waals surface area contributed by atoms with Crippen LogP contribution in [0.5, 0.6) is 0 Å². The van der Waals surface area contributed by atoms with E-state index < -0.39 is 0 Å². The van der Waals surface area contributed by atoms with Crippen molar-refractivity contribution in [2.45, 2.75) is 13.2 Å². The van der Waals surface area contributed by atoms with E-state index in [1.807, 2.05) is 6.92 Å². The smallest absolute Gasteiger partial charge is 0.195 e. The second-order valence-electron chi connectivity index (χ2n) is 3.44. The van der Waals surface area contributed by atoms with E-state index in [1.54, 1.807) is 7.11 Å². The third-order valence-corrected chi connectivity index (χ3v) is 2.54. The zero-order valence-corrected chi connectivity index (χ0v) is 9.93. The molecule has 0 saturated carbocycles. The van der Waals surface area contributed by atoms with Crippen LogP contribution in [-0.2, 0) is 4.74 Å². The number of guanidine groups is 1. The number of rotatable bonds is 2. The minimum Gasteiger partial charge on any atom is -0.356 e. The molecule has 0 fully saturated rings. The van der Waals surface area contributed by atoms with Crippen LogP contribution in [0.25, 0.3) is 0 Å². The highest BCUT2D eigenvalue weighted by molar-refractivity contribution is 6.30. The summed E-state index contributed by atoms with van der Waals surface area (Å²) in [5, 5.41) is 9.62. The van der Waals surface area contributed by atoms with E-state index in [-0.39, 0.29) is 6.23 Å². The average molecular weight is 244 g/mol. The Kier molecular flexibility index (Phi) is 3.31. The van der Waals surface area contributed by atoms with E-state index in [4.69, 9.17) is 16.3 Å². The van der Waals surface area contributed by atoms with Crippen molar-refractivity contribution in [1.82, 2.24) is 16.0 Å². The maximum atomic E-state index is 6.06. The average Bonchev–Trinajstić information content (AvgIpc) is 2.74. The topological polar surface area (TPSA) is 70.0 Å². The fraction of sp³-hybridized carbons (Fsp3) is 0.556. The van der Waals surface area contributed by atoms with Crippen LogP contribution in [0.3, 0.4) is 0 Å². The largest absolute Gasteiger partial charge is 0.356 e. The summed E-state index contributed by atoms with van der Waals surface area (Å²) >= 11 is 6.06. The Labute approximate surface area is 98.8 Å². The van der Waals surface area contributed by atoms with Crippen LogP contribution in [-0.4, -0.2) is 38.2 Å². The van der Waals surface area contributed by atoms with Crippen LogP contribution in [0.2, 0.25) is 0 Å². The van der Waals surface area contributed by atoms with Gasteiger partial charge in [-0.25, -0.2) is 4.99 Å². The Bertz CT molecular complexity index is 376. The summed E-state index contributed by atoms with van der Waals surface area (Å²) in [4.78, 5) is 8.35. The number of amidine groups is 1. The van der Waals surface area contributed by atoms with E-state index >= 15 is 0 Å². The van der Waals surface area contributed by atoms with E-state index in [9.17, 15) is 0 Å². The zero-order chi connectivity index (χ0) is 11.5. The van der Waals surface area contributed by atoms with Gasteiger partial charge in [0.15, 0.2) is 17.3 Å². The minimum atomic E-state index is -0.324. The first-order chi connectivity index (χ1) is 7.70. The van der Waals surface area contributed by atoms with Crippen molar-refractivity contribution in [1.29, 1.82) is 0 Å². The molecule has 2 aliphatic rings. The SMILES string of the molecule is COC1NC(C)=NC(Cl)=C1NC1=NCCN1. The number of ether oxygens (including phenoxy) is 1. The molecule has 7 heteroatoms. The first kappa shape index (κ1) is 11.2. The summed E-state index contributed by atoms with van der Waals surface area (Å²) in [6, 6.07) is 0. The van der Waals surface area contributed by atoms with Crippen LogP contribution < -0.4 is 16.0 Å². The van der Waals surface area contributed by atoms with Crippen molar-refractivity contribution < 1.29 is 4.74 Å². The summed E-state index contributed by atoms with van der Waals surface area (Å²) in [7, 11) is 1.60. The lowest BCUT2D eigenvalue weighted by atomic mass is 10.3. The molecule has 0 spiro atoms. The Morgan fingerprint density at radius 1 is 1.56 bits per heavy atom. The van der Waals surface area contributed by atoms with Gasteiger partial charge in [0.1, 0.15) is 11.5 Å². The lowest BCUT2D eigenvalue weighted by Crippen LogP contribution is -2.46. The number of hydrogen-bond donors (Lipinski definition) is 3. The molecule has 3 N–H and O–H groups in total. The highest BCUT2D eigenvalue weighted by atomic mass is 35.5. The first-order valence-electron chi connectivity index (χ1n) is 5.00. The summed E-state index contributed by atoms with van der Waals surface area (Å²) in [5.41, 5.74) is 0.669. The van der Waals surface area contributed by atoms with Crippen molar-refractivity contribution in [3.63, 3.8) is 0 Å². The summed E-state index contributed by atoms with van der Waals surface area (Å²) in [6.07, 6.45) is -0.324. The van der Waals surface area contributed by atoms with Gasteiger partial charge in [-0.05, 0) is 6.92 Å². The monoisotopic (exact) mass is 243 g/mol. The van der Waals surface area contributed by atoms with Crippen LogP contribution >= 0.6 is 11.6 Å². The molecule has 0 saturated heterocycles. The second kappa shape index (κ2) is 4.71. The van der Waals surface area contributed by atoms with E-state index in [2.05, 4.69) is 25.9 Å². The number of nitrogens with one attached hydrogen (secondary N) is 3. The molecule has 0 aromatic rings. The fourth-order valence-corrected chi connectivity index (χ4v) is 1.79. The maximum Gasteiger partial charge on any atom is 0.195 e. The number of hydrogen-bond acceptors (Lipinski definition) is 6. The standard InChI is InChI=1S/C9H14ClN5O/c1-5-13-7(10)6(8(14-5)16-2)15-9-11-3-4-12-9/h8H,3-4H2,1-2H3,(H,13,14)(H2,11,12,15). The third-order valence-electron chi connectivity index (χ3n) is 2.25. The summed E-state index contributed by atoms with van der Waals surface area (Å²) in [6.45, 7) is 3.43. The number of aliphatic imine (C=N–C) groups is 2. The van der Waals surface area contributed by atoms with E-state index in [0.29, 0.717) is 16.8 Å². The van der Waals surface area contributed by atoms with Gasteiger partial charge in [0, 0.05) is 13.7 Å². The van der Waals surface area contributed by atoms with Gasteiger partial charge in [0.2, 0.25) is 0 Å². The Morgan fingerprint density at radius 3 is 3.00 bits per heavy atom. The van der Waals surface area contributed by atoms with Crippen molar-refractivity contribution in [3.05, 3.63) is 10.9 Å². The first-order valence-corrected chi connectivity index (χ1v) is 5.38. The Hall–Kier alpha value is -1.27. The number of methoxy groups -OCH3 is 1. The predicted molar refractivity (Wildman–Crippen MR) is 63.4 cm³/mol. The van der Waals surface area contributed by atoms with E-state index in [1.165, 1.54) is 0 Å². The van der Waals surface area contributed by atoms with Gasteiger partial charge in [-0.1, -0.05) is 11.6 Å².